The summed E-state index contributed by atoms with van der Waals surface area (Å²) in [7, 11) is 0. The van der Waals surface area contributed by atoms with Gasteiger partial charge in [0.15, 0.2) is 0 Å². The van der Waals surface area contributed by atoms with Crippen molar-refractivity contribution in [2.45, 2.75) is 38.5 Å². The highest BCUT2D eigenvalue weighted by molar-refractivity contribution is 7.98. The smallest absolute Gasteiger partial charge is 0.255 e. The summed E-state index contributed by atoms with van der Waals surface area (Å²) in [6.45, 7) is 6.46. The summed E-state index contributed by atoms with van der Waals surface area (Å²) in [5, 5.41) is 3.15. The SMILES string of the molecule is Cc1ccc(Cc2cnc(NCCSCc3ccc(C(C)(C)N)o3)[nH]c2=O)cn1.Cl. The van der Waals surface area contributed by atoms with Gasteiger partial charge in [0.05, 0.1) is 11.3 Å². The molecular weight excluding hydrogens is 422 g/mol. The number of halogens is 1. The fourth-order valence-corrected chi connectivity index (χ4v) is 3.42. The number of H-pyrrole nitrogens is 1. The molecule has 0 fully saturated rings. The summed E-state index contributed by atoms with van der Waals surface area (Å²) in [6, 6.07) is 7.80. The minimum Gasteiger partial charge on any atom is -0.463 e. The Morgan fingerprint density at radius 2 is 2.00 bits per heavy atom. The first-order valence-corrected chi connectivity index (χ1v) is 10.7. The van der Waals surface area contributed by atoms with Crippen molar-refractivity contribution in [3.05, 3.63) is 75.4 Å². The molecular formula is C21H28ClN5O2S. The Bertz CT molecular complexity index is 996. The lowest BCUT2D eigenvalue weighted by Gasteiger charge is -2.14. The van der Waals surface area contributed by atoms with Crippen LogP contribution in [-0.2, 0) is 17.7 Å². The molecule has 0 unspecified atom stereocenters. The van der Waals surface area contributed by atoms with Crippen molar-refractivity contribution in [1.29, 1.82) is 0 Å². The van der Waals surface area contributed by atoms with Crippen LogP contribution >= 0.6 is 24.2 Å². The lowest BCUT2D eigenvalue weighted by Crippen LogP contribution is -2.27. The second kappa shape index (κ2) is 10.7. The van der Waals surface area contributed by atoms with E-state index in [9.17, 15) is 4.79 Å². The van der Waals surface area contributed by atoms with E-state index in [4.69, 9.17) is 10.2 Å². The van der Waals surface area contributed by atoms with Crippen molar-refractivity contribution in [1.82, 2.24) is 15.0 Å². The number of aryl methyl sites for hydroxylation is 1. The molecule has 4 N–H and O–H groups in total. The number of pyridine rings is 1. The Balaban J connectivity index is 0.00000320. The van der Waals surface area contributed by atoms with Crippen LogP contribution < -0.4 is 16.6 Å². The van der Waals surface area contributed by atoms with Crippen molar-refractivity contribution in [3.63, 3.8) is 0 Å². The summed E-state index contributed by atoms with van der Waals surface area (Å²) < 4.78 is 5.77. The summed E-state index contributed by atoms with van der Waals surface area (Å²) in [5.41, 5.74) is 7.98. The first-order valence-electron chi connectivity index (χ1n) is 9.50. The molecule has 0 saturated heterocycles. The molecule has 0 bridgehead atoms. The standard InChI is InChI=1S/C21H27N5O2S.ClH/c1-14-4-5-15(11-24-14)10-16-12-25-20(26-19(16)27)23-8-9-29-13-17-6-7-18(28-17)21(2,3)22;/h4-7,11-12H,8-10,13,22H2,1-3H3,(H2,23,25,26,27);1H. The van der Waals surface area contributed by atoms with Crippen LogP contribution in [-0.4, -0.2) is 27.2 Å². The Kier molecular flexibility index (Phi) is 8.52. The topological polar surface area (TPSA) is 110 Å². The van der Waals surface area contributed by atoms with E-state index < -0.39 is 5.54 Å². The first kappa shape index (κ1) is 24.0. The van der Waals surface area contributed by atoms with E-state index in [1.165, 1.54) is 0 Å². The highest BCUT2D eigenvalue weighted by Crippen LogP contribution is 2.22. The number of nitrogens with one attached hydrogen (secondary N) is 2. The molecule has 0 radical (unpaired) electrons. The molecule has 3 rings (SSSR count). The van der Waals surface area contributed by atoms with Gasteiger partial charge in [0.1, 0.15) is 11.5 Å². The zero-order valence-electron chi connectivity index (χ0n) is 17.4. The highest BCUT2D eigenvalue weighted by Gasteiger charge is 2.18. The molecule has 0 aliphatic rings. The van der Waals surface area contributed by atoms with Gasteiger partial charge in [-0.1, -0.05) is 6.07 Å². The summed E-state index contributed by atoms with van der Waals surface area (Å²) in [5.74, 6) is 3.79. The van der Waals surface area contributed by atoms with Crippen LogP contribution in [0.3, 0.4) is 0 Å². The number of nitrogens with zero attached hydrogens (tertiary/aromatic N) is 2. The maximum atomic E-state index is 12.3. The average Bonchev–Trinajstić information content (AvgIpc) is 3.15. The van der Waals surface area contributed by atoms with Gasteiger partial charge in [0.25, 0.3) is 5.56 Å². The number of nitrogens with two attached hydrogens (primary N) is 1. The maximum Gasteiger partial charge on any atom is 0.255 e. The van der Waals surface area contributed by atoms with E-state index in [2.05, 4.69) is 20.3 Å². The van der Waals surface area contributed by atoms with E-state index in [0.717, 1.165) is 34.3 Å². The largest absolute Gasteiger partial charge is 0.463 e. The molecule has 0 aromatic carbocycles. The predicted octanol–water partition coefficient (Wildman–Crippen LogP) is 3.62. The number of aromatic nitrogens is 3. The summed E-state index contributed by atoms with van der Waals surface area (Å²) in [6.07, 6.45) is 3.91. The van der Waals surface area contributed by atoms with Gasteiger partial charge in [-0.15, -0.1) is 12.4 Å². The summed E-state index contributed by atoms with van der Waals surface area (Å²) in [4.78, 5) is 23.6. The van der Waals surface area contributed by atoms with Gasteiger partial charge in [-0.05, 0) is 44.5 Å². The first-order chi connectivity index (χ1) is 13.8. The number of anilines is 1. The number of thioether (sulfide) groups is 1. The van der Waals surface area contributed by atoms with Crippen LogP contribution in [0.2, 0.25) is 0 Å². The van der Waals surface area contributed by atoms with Gasteiger partial charge >= 0.3 is 0 Å². The van der Waals surface area contributed by atoms with Crippen molar-refractivity contribution in [2.75, 3.05) is 17.6 Å². The Morgan fingerprint density at radius 1 is 1.20 bits per heavy atom. The molecule has 162 valence electrons. The fourth-order valence-electron chi connectivity index (χ4n) is 2.68. The van der Waals surface area contributed by atoms with E-state index >= 15 is 0 Å². The summed E-state index contributed by atoms with van der Waals surface area (Å²) >= 11 is 1.74. The van der Waals surface area contributed by atoms with E-state index in [1.54, 1.807) is 24.2 Å². The van der Waals surface area contributed by atoms with Crippen molar-refractivity contribution in [3.8, 4) is 0 Å². The molecule has 3 aromatic rings. The van der Waals surface area contributed by atoms with Gasteiger partial charge in [-0.2, -0.15) is 11.8 Å². The van der Waals surface area contributed by atoms with Crippen LogP contribution in [0.25, 0.3) is 0 Å². The second-order valence-electron chi connectivity index (χ2n) is 7.54. The van der Waals surface area contributed by atoms with Crippen molar-refractivity contribution in [2.24, 2.45) is 5.73 Å². The quantitative estimate of drug-likeness (QED) is 0.428. The average molecular weight is 450 g/mol. The Hall–Kier alpha value is -2.29. The minimum atomic E-state index is -0.468. The zero-order valence-corrected chi connectivity index (χ0v) is 19.0. The van der Waals surface area contributed by atoms with Gasteiger partial charge in [0.2, 0.25) is 5.95 Å². The van der Waals surface area contributed by atoms with Crippen molar-refractivity contribution < 1.29 is 4.42 Å². The van der Waals surface area contributed by atoms with Crippen LogP contribution in [0, 0.1) is 6.92 Å². The third-order valence-electron chi connectivity index (χ3n) is 4.32. The van der Waals surface area contributed by atoms with Gasteiger partial charge < -0.3 is 15.5 Å². The fraction of sp³-hybridized carbons (Fsp3) is 0.381. The highest BCUT2D eigenvalue weighted by atomic mass is 35.5. The van der Waals surface area contributed by atoms with Crippen LogP contribution in [0.5, 0.6) is 0 Å². The number of rotatable bonds is 9. The molecule has 3 aromatic heterocycles. The monoisotopic (exact) mass is 449 g/mol. The molecule has 9 heteroatoms. The number of furan rings is 1. The molecule has 30 heavy (non-hydrogen) atoms. The number of hydrogen-bond donors (Lipinski definition) is 3. The van der Waals surface area contributed by atoms with Gasteiger partial charge in [0, 0.05) is 42.4 Å². The minimum absolute atomic E-state index is 0. The van der Waals surface area contributed by atoms with Gasteiger partial charge in [-0.25, -0.2) is 4.98 Å². The van der Waals surface area contributed by atoms with Crippen LogP contribution in [0.4, 0.5) is 5.95 Å². The number of hydrogen-bond acceptors (Lipinski definition) is 7. The second-order valence-corrected chi connectivity index (χ2v) is 8.64. The van der Waals surface area contributed by atoms with Crippen LogP contribution in [0.15, 0.2) is 45.9 Å². The van der Waals surface area contributed by atoms with Crippen molar-refractivity contribution >= 4 is 30.1 Å². The lowest BCUT2D eigenvalue weighted by atomic mass is 10.0. The molecule has 0 aliphatic heterocycles. The Morgan fingerprint density at radius 3 is 2.63 bits per heavy atom. The molecule has 0 atom stereocenters. The Labute approximate surface area is 186 Å². The molecule has 0 saturated carbocycles. The predicted molar refractivity (Wildman–Crippen MR) is 124 cm³/mol. The zero-order chi connectivity index (χ0) is 20.9. The van der Waals surface area contributed by atoms with E-state index in [-0.39, 0.29) is 18.0 Å². The molecule has 0 aliphatic carbocycles. The van der Waals surface area contributed by atoms with Crippen LogP contribution in [0.1, 0.15) is 42.2 Å². The maximum absolute atomic E-state index is 12.3. The van der Waals surface area contributed by atoms with E-state index in [0.29, 0.717) is 24.5 Å². The molecule has 7 nitrogen and oxygen atoms in total. The number of aromatic amines is 1. The molecule has 0 spiro atoms. The lowest BCUT2D eigenvalue weighted by molar-refractivity contribution is 0.381. The molecule has 0 amide bonds. The molecule has 3 heterocycles. The third kappa shape index (κ3) is 6.90. The normalized spacial score (nSPS) is 11.2. The third-order valence-corrected chi connectivity index (χ3v) is 5.30. The van der Waals surface area contributed by atoms with E-state index in [1.807, 2.05) is 45.0 Å². The van der Waals surface area contributed by atoms with Gasteiger partial charge in [-0.3, -0.25) is 14.8 Å².